The molecule has 23 heavy (non-hydrogen) atoms. The molecule has 2 N–H and O–H groups in total. The van der Waals surface area contributed by atoms with Crippen LogP contribution in [0.1, 0.15) is 36.5 Å². The van der Waals surface area contributed by atoms with Gasteiger partial charge in [-0.3, -0.25) is 4.79 Å². The maximum absolute atomic E-state index is 13.0. The van der Waals surface area contributed by atoms with Crippen LogP contribution in [-0.4, -0.2) is 40.1 Å². The quantitative estimate of drug-likeness (QED) is 0.919. The summed E-state index contributed by atoms with van der Waals surface area (Å²) in [5, 5.41) is 3.81. The number of benzene rings is 1. The molecule has 0 spiro atoms. The van der Waals surface area contributed by atoms with E-state index in [9.17, 15) is 4.79 Å². The number of aryl methyl sites for hydroxylation is 1. The second-order valence-corrected chi connectivity index (χ2v) is 6.80. The molecule has 1 fully saturated rings. The van der Waals surface area contributed by atoms with Crippen LogP contribution in [0.3, 0.4) is 0 Å². The van der Waals surface area contributed by atoms with Crippen molar-refractivity contribution in [2.24, 2.45) is 11.1 Å². The summed E-state index contributed by atoms with van der Waals surface area (Å²) < 4.78 is 5.23. The molecule has 2 aromatic rings. The number of rotatable bonds is 2. The number of hydrogen-bond donors (Lipinski definition) is 1. The highest BCUT2D eigenvalue weighted by molar-refractivity contribution is 6.00. The average molecular weight is 314 g/mol. The topological polar surface area (TPSA) is 85.2 Å². The van der Waals surface area contributed by atoms with E-state index < -0.39 is 0 Å². The largest absolute Gasteiger partial charge is 0.338 e. The summed E-state index contributed by atoms with van der Waals surface area (Å²) in [5.74, 6) is 0.906. The third kappa shape index (κ3) is 2.99. The molecule has 0 saturated carbocycles. The van der Waals surface area contributed by atoms with Crippen molar-refractivity contribution in [3.05, 3.63) is 35.7 Å². The number of likely N-dealkylation sites (tertiary alicyclic amines) is 1. The zero-order valence-electron chi connectivity index (χ0n) is 13.7. The van der Waals surface area contributed by atoms with E-state index in [2.05, 4.69) is 24.0 Å². The van der Waals surface area contributed by atoms with Crippen molar-refractivity contribution >= 4 is 5.91 Å². The molecule has 0 bridgehead atoms. The van der Waals surface area contributed by atoms with Gasteiger partial charge in [-0.15, -0.1) is 0 Å². The zero-order valence-corrected chi connectivity index (χ0v) is 13.7. The number of piperidine rings is 1. The number of nitrogens with zero attached hydrogens (tertiary/aromatic N) is 3. The van der Waals surface area contributed by atoms with Crippen molar-refractivity contribution in [3.63, 3.8) is 0 Å². The molecule has 1 aliphatic rings. The first kappa shape index (κ1) is 15.7. The zero-order chi connectivity index (χ0) is 16.6. The lowest BCUT2D eigenvalue weighted by Gasteiger charge is -2.42. The standard InChI is InChI=1S/C17H22N4O2/c1-11-19-15(23-20-11)12-6-4-5-7-13(12)16(22)21-9-8-14(18)17(2,3)10-21/h4-7,14H,8-10,18H2,1-3H3. The lowest BCUT2D eigenvalue weighted by Crippen LogP contribution is -2.54. The predicted octanol–water partition coefficient (Wildman–Crippen LogP) is 2.24. The molecule has 1 atom stereocenters. The van der Waals surface area contributed by atoms with Gasteiger partial charge in [-0.2, -0.15) is 4.98 Å². The SMILES string of the molecule is Cc1noc(-c2ccccc2C(=O)N2CCC(N)C(C)(C)C2)n1. The van der Waals surface area contributed by atoms with Gasteiger partial charge in [0.25, 0.3) is 11.8 Å². The maximum Gasteiger partial charge on any atom is 0.258 e. The van der Waals surface area contributed by atoms with E-state index >= 15 is 0 Å². The highest BCUT2D eigenvalue weighted by atomic mass is 16.5. The van der Waals surface area contributed by atoms with Crippen LogP contribution < -0.4 is 5.73 Å². The van der Waals surface area contributed by atoms with Gasteiger partial charge in [-0.1, -0.05) is 31.1 Å². The summed E-state index contributed by atoms with van der Waals surface area (Å²) in [4.78, 5) is 19.1. The minimum atomic E-state index is -0.0933. The van der Waals surface area contributed by atoms with E-state index in [1.54, 1.807) is 13.0 Å². The fourth-order valence-corrected chi connectivity index (χ4v) is 2.98. The van der Waals surface area contributed by atoms with E-state index in [-0.39, 0.29) is 17.4 Å². The Kier molecular flexibility index (Phi) is 3.93. The van der Waals surface area contributed by atoms with Crippen molar-refractivity contribution in [1.29, 1.82) is 0 Å². The van der Waals surface area contributed by atoms with Crippen molar-refractivity contribution < 1.29 is 9.32 Å². The minimum absolute atomic E-state index is 0.0172. The molecule has 0 aliphatic carbocycles. The summed E-state index contributed by atoms with van der Waals surface area (Å²) in [7, 11) is 0. The Morgan fingerprint density at radius 3 is 2.78 bits per heavy atom. The Bertz CT molecular complexity index is 723. The van der Waals surface area contributed by atoms with Crippen LogP contribution >= 0.6 is 0 Å². The average Bonchev–Trinajstić information content (AvgIpc) is 2.95. The third-order valence-corrected chi connectivity index (χ3v) is 4.51. The van der Waals surface area contributed by atoms with Gasteiger partial charge in [-0.05, 0) is 30.9 Å². The number of amides is 1. The lowest BCUT2D eigenvalue weighted by atomic mass is 9.79. The first-order valence-electron chi connectivity index (χ1n) is 7.83. The maximum atomic E-state index is 13.0. The van der Waals surface area contributed by atoms with Crippen LogP contribution in [0.4, 0.5) is 0 Å². The lowest BCUT2D eigenvalue weighted by molar-refractivity contribution is 0.0533. The highest BCUT2D eigenvalue weighted by Gasteiger charge is 2.36. The second-order valence-electron chi connectivity index (χ2n) is 6.80. The Morgan fingerprint density at radius 2 is 2.13 bits per heavy atom. The van der Waals surface area contributed by atoms with Gasteiger partial charge in [0.1, 0.15) is 0 Å². The molecule has 0 radical (unpaired) electrons. The van der Waals surface area contributed by atoms with E-state index in [0.29, 0.717) is 35.9 Å². The molecule has 3 rings (SSSR count). The van der Waals surface area contributed by atoms with Crippen molar-refractivity contribution in [2.75, 3.05) is 13.1 Å². The number of aromatic nitrogens is 2. The summed E-state index contributed by atoms with van der Waals surface area (Å²) in [6, 6.07) is 7.46. The molecule has 1 saturated heterocycles. The molecule has 122 valence electrons. The first-order chi connectivity index (χ1) is 10.9. The molecule has 1 aromatic carbocycles. The Balaban J connectivity index is 1.92. The molecular formula is C17H22N4O2. The smallest absolute Gasteiger partial charge is 0.258 e. The second kappa shape index (κ2) is 5.77. The molecule has 2 heterocycles. The fraction of sp³-hybridized carbons (Fsp3) is 0.471. The van der Waals surface area contributed by atoms with Crippen LogP contribution in [0.2, 0.25) is 0 Å². The highest BCUT2D eigenvalue weighted by Crippen LogP contribution is 2.30. The molecule has 6 heteroatoms. The molecule has 1 aliphatic heterocycles. The van der Waals surface area contributed by atoms with Crippen molar-refractivity contribution in [3.8, 4) is 11.5 Å². The van der Waals surface area contributed by atoms with Crippen LogP contribution in [0.5, 0.6) is 0 Å². The third-order valence-electron chi connectivity index (χ3n) is 4.51. The summed E-state index contributed by atoms with van der Waals surface area (Å²) in [5.41, 5.74) is 7.33. The van der Waals surface area contributed by atoms with Gasteiger partial charge < -0.3 is 15.2 Å². The van der Waals surface area contributed by atoms with Crippen molar-refractivity contribution in [2.45, 2.75) is 33.2 Å². The number of nitrogens with two attached hydrogens (primary N) is 1. The minimum Gasteiger partial charge on any atom is -0.338 e. The van der Waals surface area contributed by atoms with Gasteiger partial charge in [0.05, 0.1) is 11.1 Å². The summed E-state index contributed by atoms with van der Waals surface area (Å²) in [6.07, 6.45) is 0.806. The number of carbonyl (C=O) groups is 1. The fourth-order valence-electron chi connectivity index (χ4n) is 2.98. The number of carbonyl (C=O) groups excluding carboxylic acids is 1. The van der Waals surface area contributed by atoms with E-state index in [1.807, 2.05) is 23.1 Å². The Labute approximate surface area is 135 Å². The van der Waals surface area contributed by atoms with Gasteiger partial charge in [0.2, 0.25) is 0 Å². The van der Waals surface area contributed by atoms with Gasteiger partial charge in [-0.25, -0.2) is 0 Å². The monoisotopic (exact) mass is 314 g/mol. The van der Waals surface area contributed by atoms with Gasteiger partial charge in [0, 0.05) is 19.1 Å². The molecule has 1 aromatic heterocycles. The Hall–Kier alpha value is -2.21. The van der Waals surface area contributed by atoms with Gasteiger partial charge >= 0.3 is 0 Å². The summed E-state index contributed by atoms with van der Waals surface area (Å²) in [6.45, 7) is 7.27. The molecule has 6 nitrogen and oxygen atoms in total. The number of hydrogen-bond acceptors (Lipinski definition) is 5. The van der Waals surface area contributed by atoms with Crippen LogP contribution in [0.25, 0.3) is 11.5 Å². The van der Waals surface area contributed by atoms with Crippen molar-refractivity contribution in [1.82, 2.24) is 15.0 Å². The first-order valence-corrected chi connectivity index (χ1v) is 7.83. The van der Waals surface area contributed by atoms with E-state index in [0.717, 1.165) is 6.42 Å². The van der Waals surface area contributed by atoms with Crippen LogP contribution in [0, 0.1) is 12.3 Å². The van der Waals surface area contributed by atoms with Gasteiger partial charge in [0.15, 0.2) is 5.82 Å². The predicted molar refractivity (Wildman–Crippen MR) is 86.7 cm³/mol. The molecular weight excluding hydrogens is 292 g/mol. The van der Waals surface area contributed by atoms with Crippen LogP contribution in [0.15, 0.2) is 28.8 Å². The van der Waals surface area contributed by atoms with E-state index in [4.69, 9.17) is 10.3 Å². The molecule has 1 amide bonds. The van der Waals surface area contributed by atoms with E-state index in [1.165, 1.54) is 0 Å². The van der Waals surface area contributed by atoms with Crippen LogP contribution in [-0.2, 0) is 0 Å². The normalized spacial score (nSPS) is 20.5. The Morgan fingerprint density at radius 1 is 1.39 bits per heavy atom. The molecule has 1 unspecified atom stereocenters. The summed E-state index contributed by atoms with van der Waals surface area (Å²) >= 11 is 0.